The van der Waals surface area contributed by atoms with Gasteiger partial charge in [-0.15, -0.1) is 0 Å². The number of fused-ring (bicyclic) bond motifs is 1. The number of amides is 1. The van der Waals surface area contributed by atoms with Crippen LogP contribution in [-0.4, -0.2) is 37.0 Å². The summed E-state index contributed by atoms with van der Waals surface area (Å²) in [7, 11) is 0. The first-order chi connectivity index (χ1) is 14.3. The highest BCUT2D eigenvalue weighted by molar-refractivity contribution is 7.99. The van der Waals surface area contributed by atoms with Crippen LogP contribution >= 0.6 is 11.8 Å². The van der Waals surface area contributed by atoms with Crippen molar-refractivity contribution in [2.75, 3.05) is 5.75 Å². The summed E-state index contributed by atoms with van der Waals surface area (Å²) in [4.78, 5) is 30.3. The fourth-order valence-corrected chi connectivity index (χ4v) is 3.89. The Morgan fingerprint density at radius 2 is 1.97 bits per heavy atom. The van der Waals surface area contributed by atoms with Crippen LogP contribution in [0.1, 0.15) is 38.4 Å². The largest absolute Gasteiger partial charge is 0.353 e. The summed E-state index contributed by atoms with van der Waals surface area (Å²) in [6.07, 6.45) is 0.839. The summed E-state index contributed by atoms with van der Waals surface area (Å²) in [5.74, 6) is -0.305. The quantitative estimate of drug-likeness (QED) is 0.438. The first kappa shape index (κ1) is 22.0. The average molecular weight is 432 g/mol. The van der Waals surface area contributed by atoms with Crippen molar-refractivity contribution in [3.63, 3.8) is 0 Å². The Kier molecular flexibility index (Phi) is 6.91. The Morgan fingerprint density at radius 3 is 2.60 bits per heavy atom. The molecule has 1 N–H and O–H groups in total. The van der Waals surface area contributed by atoms with Gasteiger partial charge in [-0.3, -0.25) is 18.8 Å². The van der Waals surface area contributed by atoms with Gasteiger partial charge in [-0.25, -0.2) is 9.37 Å². The van der Waals surface area contributed by atoms with Crippen LogP contribution in [-0.2, 0) is 17.9 Å². The number of aromatic nitrogens is 4. The number of nitrogens with zero attached hydrogens (tertiary/aromatic N) is 4. The normalized spacial score (nSPS) is 12.3. The molecule has 1 atom stereocenters. The first-order valence-corrected chi connectivity index (χ1v) is 11.0. The molecule has 160 valence electrons. The molecular formula is C21H26FN5O2S. The fraction of sp³-hybridized carbons (Fsp3) is 0.429. The maximum absolute atomic E-state index is 13.4. The van der Waals surface area contributed by atoms with E-state index in [1.165, 1.54) is 28.5 Å². The van der Waals surface area contributed by atoms with Gasteiger partial charge >= 0.3 is 0 Å². The average Bonchev–Trinajstić information content (AvgIpc) is 3.05. The van der Waals surface area contributed by atoms with Crippen molar-refractivity contribution in [1.82, 2.24) is 24.6 Å². The van der Waals surface area contributed by atoms with Crippen molar-refractivity contribution >= 4 is 28.7 Å². The number of aryl methyl sites for hydroxylation is 2. The van der Waals surface area contributed by atoms with E-state index in [-0.39, 0.29) is 35.6 Å². The third kappa shape index (κ3) is 4.72. The van der Waals surface area contributed by atoms with Gasteiger partial charge in [-0.05, 0) is 44.9 Å². The second kappa shape index (κ2) is 9.42. The van der Waals surface area contributed by atoms with Gasteiger partial charge in [0.1, 0.15) is 11.3 Å². The van der Waals surface area contributed by atoms with E-state index in [0.717, 1.165) is 12.0 Å². The summed E-state index contributed by atoms with van der Waals surface area (Å²) in [6.45, 7) is 8.45. The molecule has 2 heterocycles. The molecule has 3 rings (SSSR count). The fourth-order valence-electron chi connectivity index (χ4n) is 3.09. The van der Waals surface area contributed by atoms with Crippen LogP contribution < -0.4 is 10.9 Å². The Bertz CT molecular complexity index is 1110. The van der Waals surface area contributed by atoms with Gasteiger partial charge < -0.3 is 5.32 Å². The third-order valence-corrected chi connectivity index (χ3v) is 5.86. The van der Waals surface area contributed by atoms with Crippen molar-refractivity contribution in [1.29, 1.82) is 0 Å². The maximum Gasteiger partial charge on any atom is 0.280 e. The summed E-state index contributed by atoms with van der Waals surface area (Å²) in [5, 5.41) is 7.78. The zero-order chi connectivity index (χ0) is 21.8. The van der Waals surface area contributed by atoms with Crippen LogP contribution in [0.25, 0.3) is 11.0 Å². The highest BCUT2D eigenvalue weighted by atomic mass is 32.2. The number of rotatable bonds is 8. The lowest BCUT2D eigenvalue weighted by Gasteiger charge is -2.14. The topological polar surface area (TPSA) is 81.8 Å². The molecule has 30 heavy (non-hydrogen) atoms. The third-order valence-electron chi connectivity index (χ3n) is 4.89. The predicted octanol–water partition coefficient (Wildman–Crippen LogP) is 3.12. The number of halogens is 1. The van der Waals surface area contributed by atoms with Crippen LogP contribution in [0.2, 0.25) is 0 Å². The Hall–Kier alpha value is -2.68. The molecule has 7 nitrogen and oxygen atoms in total. The zero-order valence-corrected chi connectivity index (χ0v) is 18.4. The van der Waals surface area contributed by atoms with E-state index in [0.29, 0.717) is 28.4 Å². The van der Waals surface area contributed by atoms with E-state index in [2.05, 4.69) is 15.4 Å². The smallest absolute Gasteiger partial charge is 0.280 e. The van der Waals surface area contributed by atoms with Gasteiger partial charge in [0.15, 0.2) is 10.7 Å². The van der Waals surface area contributed by atoms with E-state index < -0.39 is 0 Å². The number of nitrogens with one attached hydrogen (secondary N) is 1. The van der Waals surface area contributed by atoms with Crippen molar-refractivity contribution in [2.45, 2.75) is 58.4 Å². The number of carbonyl (C=O) groups is 1. The van der Waals surface area contributed by atoms with Gasteiger partial charge in [0.2, 0.25) is 5.91 Å². The molecule has 0 bridgehead atoms. The molecule has 3 aromatic rings. The van der Waals surface area contributed by atoms with Crippen molar-refractivity contribution in [2.24, 2.45) is 0 Å². The van der Waals surface area contributed by atoms with Crippen LogP contribution in [0.3, 0.4) is 0 Å². The van der Waals surface area contributed by atoms with E-state index in [4.69, 9.17) is 0 Å². The van der Waals surface area contributed by atoms with E-state index >= 15 is 0 Å². The molecule has 0 fully saturated rings. The highest BCUT2D eigenvalue weighted by Gasteiger charge is 2.19. The lowest BCUT2D eigenvalue weighted by molar-refractivity contribution is -0.119. The standard InChI is InChI=1S/C21H26FN5O2S/c1-5-13(3)23-17(28)12-30-21-24-18-14(4)25-27(6-2)19(18)20(29)26(21)11-15-7-9-16(22)10-8-15/h7-10,13H,5-6,11-12H2,1-4H3,(H,23,28)/t13-/m0/s1. The van der Waals surface area contributed by atoms with Crippen LogP contribution in [0.5, 0.6) is 0 Å². The first-order valence-electron chi connectivity index (χ1n) is 9.98. The number of hydrogen-bond acceptors (Lipinski definition) is 5. The number of benzene rings is 1. The molecule has 2 aromatic heterocycles. The predicted molar refractivity (Wildman–Crippen MR) is 116 cm³/mol. The second-order valence-electron chi connectivity index (χ2n) is 7.18. The number of hydrogen-bond donors (Lipinski definition) is 1. The summed E-state index contributed by atoms with van der Waals surface area (Å²) < 4.78 is 16.5. The van der Waals surface area contributed by atoms with Gasteiger partial charge in [-0.1, -0.05) is 30.8 Å². The van der Waals surface area contributed by atoms with E-state index in [1.54, 1.807) is 16.8 Å². The van der Waals surface area contributed by atoms with Gasteiger partial charge in [0.25, 0.3) is 5.56 Å². The maximum atomic E-state index is 13.4. The van der Waals surface area contributed by atoms with Crippen LogP contribution in [0.4, 0.5) is 4.39 Å². The lowest BCUT2D eigenvalue weighted by atomic mass is 10.2. The second-order valence-corrected chi connectivity index (χ2v) is 8.12. The molecule has 0 saturated carbocycles. The molecular weight excluding hydrogens is 405 g/mol. The summed E-state index contributed by atoms with van der Waals surface area (Å²) in [6, 6.07) is 6.08. The SMILES string of the molecule is CC[C@H](C)NC(=O)CSc1nc2c(C)nn(CC)c2c(=O)n1Cc1ccc(F)cc1. The summed E-state index contributed by atoms with van der Waals surface area (Å²) >= 11 is 1.21. The van der Waals surface area contributed by atoms with E-state index in [9.17, 15) is 14.0 Å². The lowest BCUT2D eigenvalue weighted by Crippen LogP contribution is -2.33. The molecule has 0 aliphatic rings. The van der Waals surface area contributed by atoms with Gasteiger partial charge in [-0.2, -0.15) is 5.10 Å². The molecule has 1 amide bonds. The molecule has 0 aliphatic carbocycles. The number of thioether (sulfide) groups is 1. The minimum absolute atomic E-state index is 0.0833. The molecule has 9 heteroatoms. The zero-order valence-electron chi connectivity index (χ0n) is 17.6. The van der Waals surface area contributed by atoms with Crippen LogP contribution in [0.15, 0.2) is 34.2 Å². The Balaban J connectivity index is 2.02. The van der Waals surface area contributed by atoms with Crippen molar-refractivity contribution in [3.8, 4) is 0 Å². The highest BCUT2D eigenvalue weighted by Crippen LogP contribution is 2.21. The molecule has 0 radical (unpaired) electrons. The molecule has 1 aromatic carbocycles. The number of carbonyl (C=O) groups excluding carboxylic acids is 1. The van der Waals surface area contributed by atoms with Gasteiger partial charge in [0, 0.05) is 12.6 Å². The molecule has 0 unspecified atom stereocenters. The monoisotopic (exact) mass is 431 g/mol. The van der Waals surface area contributed by atoms with Crippen molar-refractivity contribution < 1.29 is 9.18 Å². The molecule has 0 saturated heterocycles. The minimum atomic E-state index is -0.337. The van der Waals surface area contributed by atoms with Gasteiger partial charge in [0.05, 0.1) is 18.0 Å². The van der Waals surface area contributed by atoms with E-state index in [1.807, 2.05) is 27.7 Å². The van der Waals surface area contributed by atoms with Crippen molar-refractivity contribution in [3.05, 3.63) is 51.7 Å². The Morgan fingerprint density at radius 1 is 1.27 bits per heavy atom. The molecule has 0 aliphatic heterocycles. The van der Waals surface area contributed by atoms with Crippen LogP contribution in [0, 0.1) is 12.7 Å². The minimum Gasteiger partial charge on any atom is -0.353 e. The summed E-state index contributed by atoms with van der Waals surface area (Å²) in [5.41, 5.74) is 2.19. The molecule has 0 spiro atoms. The Labute approximate surface area is 178 Å².